The minimum Gasteiger partial charge on any atom is -0.479 e. The maximum absolute atomic E-state index is 10.5. The first kappa shape index (κ1) is 13.8. The first-order chi connectivity index (χ1) is 10.1. The molecule has 8 nitrogen and oxygen atoms in total. The van der Waals surface area contributed by atoms with Gasteiger partial charge in [0.15, 0.2) is 6.23 Å². The molecule has 9 heteroatoms. The minimum atomic E-state index is -0.979. The van der Waals surface area contributed by atoms with E-state index in [9.17, 15) is 5.11 Å². The number of aliphatic hydroxyl groups excluding tert-OH is 1. The number of nitrogens with zero attached hydrogens (tertiary/aromatic N) is 5. The number of anilines is 2. The van der Waals surface area contributed by atoms with Gasteiger partial charge in [-0.2, -0.15) is 4.98 Å². The van der Waals surface area contributed by atoms with Crippen LogP contribution in [-0.4, -0.2) is 46.2 Å². The third kappa shape index (κ3) is 2.34. The number of ether oxygens (including phenoxy) is 1. The SMILES string of the molecule is COc1ncnc2c1N[C@H](O)c1c(ncnc1N(C)C)S2. The number of aromatic nitrogens is 4. The molecule has 3 rings (SSSR count). The number of aliphatic hydroxyl groups is 1. The second kappa shape index (κ2) is 5.34. The van der Waals surface area contributed by atoms with Crippen LogP contribution in [0.25, 0.3) is 0 Å². The van der Waals surface area contributed by atoms with Crippen molar-refractivity contribution in [1.82, 2.24) is 19.9 Å². The molecule has 1 atom stereocenters. The maximum atomic E-state index is 10.5. The lowest BCUT2D eigenvalue weighted by Crippen LogP contribution is -2.19. The highest BCUT2D eigenvalue weighted by molar-refractivity contribution is 7.99. The number of nitrogens with one attached hydrogen (secondary N) is 1. The Kier molecular flexibility index (Phi) is 3.52. The Hall–Kier alpha value is -2.13. The third-order valence-corrected chi connectivity index (χ3v) is 3.99. The molecule has 1 aliphatic heterocycles. The fraction of sp³-hybridized carbons (Fsp3) is 0.333. The van der Waals surface area contributed by atoms with Gasteiger partial charge in [0, 0.05) is 14.1 Å². The molecule has 2 aromatic rings. The topological polar surface area (TPSA) is 96.3 Å². The molecule has 0 saturated heterocycles. The lowest BCUT2D eigenvalue weighted by atomic mass is 10.2. The summed E-state index contributed by atoms with van der Waals surface area (Å²) in [5, 5.41) is 14.8. The molecule has 2 aromatic heterocycles. The zero-order valence-corrected chi connectivity index (χ0v) is 12.5. The Morgan fingerprint density at radius 2 is 1.90 bits per heavy atom. The third-order valence-electron chi connectivity index (χ3n) is 2.97. The van der Waals surface area contributed by atoms with Crippen LogP contribution in [0.5, 0.6) is 5.88 Å². The predicted octanol–water partition coefficient (Wildman–Crippen LogP) is 0.909. The molecule has 0 radical (unpaired) electrons. The fourth-order valence-corrected chi connectivity index (χ4v) is 3.00. The van der Waals surface area contributed by atoms with Crippen LogP contribution < -0.4 is 15.0 Å². The van der Waals surface area contributed by atoms with E-state index in [0.717, 1.165) is 0 Å². The summed E-state index contributed by atoms with van der Waals surface area (Å²) in [6.07, 6.45) is 1.90. The van der Waals surface area contributed by atoms with Crippen molar-refractivity contribution in [2.24, 2.45) is 0 Å². The molecule has 0 aliphatic carbocycles. The molecule has 0 fully saturated rings. The lowest BCUT2D eigenvalue weighted by Gasteiger charge is -2.20. The van der Waals surface area contributed by atoms with Gasteiger partial charge in [-0.1, -0.05) is 0 Å². The van der Waals surface area contributed by atoms with Crippen molar-refractivity contribution in [2.75, 3.05) is 31.4 Å². The monoisotopic (exact) mass is 306 g/mol. The molecular weight excluding hydrogens is 292 g/mol. The van der Waals surface area contributed by atoms with E-state index in [1.165, 1.54) is 31.5 Å². The van der Waals surface area contributed by atoms with Crippen molar-refractivity contribution in [3.05, 3.63) is 18.2 Å². The Labute approximate surface area is 125 Å². The molecule has 0 amide bonds. The van der Waals surface area contributed by atoms with Crippen LogP contribution in [-0.2, 0) is 0 Å². The Morgan fingerprint density at radius 3 is 2.62 bits per heavy atom. The summed E-state index contributed by atoms with van der Waals surface area (Å²) in [6.45, 7) is 0. The Bertz CT molecular complexity index is 681. The highest BCUT2D eigenvalue weighted by atomic mass is 32.2. The van der Waals surface area contributed by atoms with Gasteiger partial charge in [-0.15, -0.1) is 0 Å². The molecule has 21 heavy (non-hydrogen) atoms. The van der Waals surface area contributed by atoms with Crippen LogP contribution in [0.3, 0.4) is 0 Å². The molecule has 2 N–H and O–H groups in total. The molecular formula is C12H14N6O2S. The van der Waals surface area contributed by atoms with E-state index in [0.29, 0.717) is 33.0 Å². The lowest BCUT2D eigenvalue weighted by molar-refractivity contribution is 0.203. The van der Waals surface area contributed by atoms with Crippen molar-refractivity contribution in [2.45, 2.75) is 16.3 Å². The first-order valence-corrected chi connectivity index (χ1v) is 6.97. The molecule has 110 valence electrons. The van der Waals surface area contributed by atoms with E-state index in [1.807, 2.05) is 19.0 Å². The van der Waals surface area contributed by atoms with Gasteiger partial charge in [-0.3, -0.25) is 0 Å². The average molecular weight is 306 g/mol. The van der Waals surface area contributed by atoms with E-state index < -0.39 is 6.23 Å². The number of hydrogen-bond donors (Lipinski definition) is 2. The molecule has 0 bridgehead atoms. The van der Waals surface area contributed by atoms with Crippen molar-refractivity contribution >= 4 is 23.3 Å². The smallest absolute Gasteiger partial charge is 0.241 e. The van der Waals surface area contributed by atoms with E-state index in [-0.39, 0.29) is 0 Å². The fourth-order valence-electron chi connectivity index (χ4n) is 2.06. The largest absolute Gasteiger partial charge is 0.479 e. The maximum Gasteiger partial charge on any atom is 0.241 e. The molecule has 0 aromatic carbocycles. The summed E-state index contributed by atoms with van der Waals surface area (Å²) in [5.74, 6) is 1.02. The predicted molar refractivity (Wildman–Crippen MR) is 77.6 cm³/mol. The van der Waals surface area contributed by atoms with Gasteiger partial charge in [-0.25, -0.2) is 15.0 Å². The van der Waals surface area contributed by atoms with Crippen LogP contribution in [0, 0.1) is 0 Å². The van der Waals surface area contributed by atoms with Gasteiger partial charge >= 0.3 is 0 Å². The standard InChI is InChI=1S/C12H14N6O2S/c1-18(2)8-6-9(19)17-7-10(20-3)14-5-16-12(7)21-11(6)15-4-13-8/h4-5,9,17,19H,1-3H3/t9-/m1/s1. The van der Waals surface area contributed by atoms with Gasteiger partial charge in [-0.05, 0) is 11.8 Å². The number of methoxy groups -OCH3 is 1. The second-order valence-electron chi connectivity index (χ2n) is 4.52. The van der Waals surface area contributed by atoms with Gasteiger partial charge in [0.25, 0.3) is 0 Å². The van der Waals surface area contributed by atoms with Gasteiger partial charge in [0.1, 0.15) is 34.2 Å². The van der Waals surface area contributed by atoms with Crippen LogP contribution in [0.2, 0.25) is 0 Å². The van der Waals surface area contributed by atoms with Crippen LogP contribution in [0.4, 0.5) is 11.5 Å². The molecule has 0 saturated carbocycles. The van der Waals surface area contributed by atoms with Crippen molar-refractivity contribution in [3.8, 4) is 5.88 Å². The summed E-state index contributed by atoms with van der Waals surface area (Å²) in [6, 6.07) is 0. The van der Waals surface area contributed by atoms with Gasteiger partial charge < -0.3 is 20.1 Å². The zero-order valence-electron chi connectivity index (χ0n) is 11.7. The number of fused-ring (bicyclic) bond motifs is 2. The minimum absolute atomic E-state index is 0.374. The number of hydrogen-bond acceptors (Lipinski definition) is 9. The van der Waals surface area contributed by atoms with Crippen LogP contribution in [0.1, 0.15) is 11.8 Å². The zero-order chi connectivity index (χ0) is 15.0. The molecule has 1 aliphatic rings. The Balaban J connectivity index is 2.16. The van der Waals surface area contributed by atoms with E-state index >= 15 is 0 Å². The Morgan fingerprint density at radius 1 is 1.19 bits per heavy atom. The normalized spacial score (nSPS) is 16.3. The van der Waals surface area contributed by atoms with E-state index in [1.54, 1.807) is 0 Å². The van der Waals surface area contributed by atoms with E-state index in [4.69, 9.17) is 4.74 Å². The van der Waals surface area contributed by atoms with Crippen molar-refractivity contribution < 1.29 is 9.84 Å². The van der Waals surface area contributed by atoms with E-state index in [2.05, 4.69) is 25.3 Å². The quantitative estimate of drug-likeness (QED) is 0.785. The average Bonchev–Trinajstić information content (AvgIpc) is 2.62. The first-order valence-electron chi connectivity index (χ1n) is 6.15. The van der Waals surface area contributed by atoms with Gasteiger partial charge in [0.2, 0.25) is 5.88 Å². The molecule has 3 heterocycles. The summed E-state index contributed by atoms with van der Waals surface area (Å²) in [4.78, 5) is 18.6. The summed E-state index contributed by atoms with van der Waals surface area (Å²) in [7, 11) is 5.24. The summed E-state index contributed by atoms with van der Waals surface area (Å²) < 4.78 is 5.21. The highest BCUT2D eigenvalue weighted by Gasteiger charge is 2.28. The van der Waals surface area contributed by atoms with Crippen LogP contribution >= 0.6 is 11.8 Å². The molecule has 0 spiro atoms. The summed E-state index contributed by atoms with van der Waals surface area (Å²) >= 11 is 1.34. The molecule has 0 unspecified atom stereocenters. The van der Waals surface area contributed by atoms with Crippen molar-refractivity contribution in [1.29, 1.82) is 0 Å². The number of rotatable bonds is 2. The van der Waals surface area contributed by atoms with Crippen molar-refractivity contribution in [3.63, 3.8) is 0 Å². The van der Waals surface area contributed by atoms with Crippen LogP contribution in [0.15, 0.2) is 22.7 Å². The summed E-state index contributed by atoms with van der Waals surface area (Å²) in [5.41, 5.74) is 1.15. The van der Waals surface area contributed by atoms with Gasteiger partial charge in [0.05, 0.1) is 12.7 Å². The second-order valence-corrected chi connectivity index (χ2v) is 5.50. The highest BCUT2D eigenvalue weighted by Crippen LogP contribution is 2.44.